The van der Waals surface area contributed by atoms with E-state index in [-0.39, 0.29) is 11.5 Å². The lowest BCUT2D eigenvalue weighted by atomic mass is 10.0. The first-order valence-corrected chi connectivity index (χ1v) is 11.6. The second kappa shape index (κ2) is 9.89. The van der Waals surface area contributed by atoms with E-state index >= 15 is 0 Å². The highest BCUT2D eigenvalue weighted by Crippen LogP contribution is 2.27. The summed E-state index contributed by atoms with van der Waals surface area (Å²) in [5.41, 5.74) is 4.93. The van der Waals surface area contributed by atoms with Gasteiger partial charge in [-0.15, -0.1) is 0 Å². The number of phenols is 2. The molecule has 0 fully saturated rings. The Morgan fingerprint density at radius 2 is 1.12 bits per heavy atom. The molecule has 34 heavy (non-hydrogen) atoms. The molecule has 5 heteroatoms. The molecule has 3 aromatic carbocycles. The van der Waals surface area contributed by atoms with E-state index in [1.807, 2.05) is 42.5 Å². The molecule has 2 aromatic heterocycles. The van der Waals surface area contributed by atoms with Gasteiger partial charge in [-0.3, -0.25) is 14.9 Å². The molecule has 5 nitrogen and oxygen atoms in total. The molecule has 0 saturated heterocycles. The van der Waals surface area contributed by atoms with Crippen molar-refractivity contribution in [2.45, 2.75) is 19.4 Å². The monoisotopic (exact) mass is 449 g/mol. The van der Waals surface area contributed by atoms with Gasteiger partial charge in [0.2, 0.25) is 0 Å². The van der Waals surface area contributed by atoms with Gasteiger partial charge in [0.05, 0.1) is 0 Å². The zero-order valence-corrected chi connectivity index (χ0v) is 18.9. The molecule has 0 amide bonds. The molecular weight excluding hydrogens is 422 g/mol. The predicted molar refractivity (Wildman–Crippen MR) is 136 cm³/mol. The number of phenolic OH excluding ortho intramolecular Hbond substituents is 2. The van der Waals surface area contributed by atoms with Crippen LogP contribution in [-0.4, -0.2) is 38.2 Å². The molecule has 0 atom stereocenters. The second-order valence-corrected chi connectivity index (χ2v) is 8.55. The van der Waals surface area contributed by atoms with Crippen LogP contribution < -0.4 is 0 Å². The van der Waals surface area contributed by atoms with Crippen LogP contribution in [0.25, 0.3) is 21.8 Å². The molecule has 0 aliphatic rings. The Labute approximate surface area is 199 Å². The number of rotatable bonds is 8. The number of aromatic nitrogens is 2. The lowest BCUT2D eigenvalue weighted by molar-refractivity contribution is 0.272. The van der Waals surface area contributed by atoms with E-state index in [4.69, 9.17) is 0 Å². The van der Waals surface area contributed by atoms with Gasteiger partial charge in [-0.1, -0.05) is 54.6 Å². The minimum Gasteiger partial charge on any atom is -0.506 e. The van der Waals surface area contributed by atoms with Crippen molar-refractivity contribution in [2.24, 2.45) is 0 Å². The van der Waals surface area contributed by atoms with E-state index in [1.165, 1.54) is 16.7 Å². The number of benzene rings is 3. The van der Waals surface area contributed by atoms with Gasteiger partial charge in [0.25, 0.3) is 0 Å². The molecule has 170 valence electrons. The maximum absolute atomic E-state index is 10.2. The summed E-state index contributed by atoms with van der Waals surface area (Å²) in [7, 11) is 0. The molecule has 2 N–H and O–H groups in total. The summed E-state index contributed by atoms with van der Waals surface area (Å²) in [6.45, 7) is 2.60. The van der Waals surface area contributed by atoms with E-state index in [2.05, 4.69) is 39.1 Å². The Kier molecular flexibility index (Phi) is 6.36. The summed E-state index contributed by atoms with van der Waals surface area (Å²) in [5, 5.41) is 22.4. The Balaban J connectivity index is 1.37. The van der Waals surface area contributed by atoms with Gasteiger partial charge < -0.3 is 10.2 Å². The third-order valence-electron chi connectivity index (χ3n) is 6.32. The van der Waals surface area contributed by atoms with E-state index in [0.717, 1.165) is 43.2 Å². The molecule has 5 rings (SSSR count). The Morgan fingerprint density at radius 1 is 0.588 bits per heavy atom. The van der Waals surface area contributed by atoms with Crippen LogP contribution in [0.4, 0.5) is 0 Å². The fourth-order valence-electron chi connectivity index (χ4n) is 4.54. The molecule has 0 bridgehead atoms. The van der Waals surface area contributed by atoms with Gasteiger partial charge in [0.15, 0.2) is 0 Å². The average molecular weight is 450 g/mol. The van der Waals surface area contributed by atoms with Crippen LogP contribution in [0.15, 0.2) is 91.3 Å². The van der Waals surface area contributed by atoms with Crippen molar-refractivity contribution >= 4 is 21.8 Å². The molecule has 2 heterocycles. The standard InChI is InChI=1S/C29H27N3O2/c33-26-12-10-22(24-8-4-16-30-28(24)26)14-18-32(20-21-6-2-1-3-7-21)19-15-23-11-13-27(34)29-25(23)9-5-17-31-29/h1-13,16-17,33-34H,14-15,18-20H2. The fraction of sp³-hybridized carbons (Fsp3) is 0.172. The number of nitrogens with zero attached hydrogens (tertiary/aromatic N) is 3. The Hall–Kier alpha value is -3.96. The molecular formula is C29H27N3O2. The quantitative estimate of drug-likeness (QED) is 0.328. The summed E-state index contributed by atoms with van der Waals surface area (Å²) < 4.78 is 0. The van der Waals surface area contributed by atoms with Gasteiger partial charge in [-0.25, -0.2) is 0 Å². The Morgan fingerprint density at radius 3 is 1.65 bits per heavy atom. The summed E-state index contributed by atoms with van der Waals surface area (Å²) >= 11 is 0. The van der Waals surface area contributed by atoms with Crippen LogP contribution in [0.5, 0.6) is 11.5 Å². The number of hydrogen-bond acceptors (Lipinski definition) is 5. The van der Waals surface area contributed by atoms with E-state index in [9.17, 15) is 10.2 Å². The highest BCUT2D eigenvalue weighted by molar-refractivity contribution is 5.87. The van der Waals surface area contributed by atoms with Gasteiger partial charge in [0, 0.05) is 42.8 Å². The number of hydrogen-bond donors (Lipinski definition) is 2. The van der Waals surface area contributed by atoms with Crippen molar-refractivity contribution in [3.8, 4) is 11.5 Å². The highest BCUT2D eigenvalue weighted by Gasteiger charge is 2.12. The minimum absolute atomic E-state index is 0.216. The molecule has 0 spiro atoms. The third kappa shape index (κ3) is 4.70. The van der Waals surface area contributed by atoms with Crippen molar-refractivity contribution in [3.63, 3.8) is 0 Å². The average Bonchev–Trinajstić information content (AvgIpc) is 2.88. The minimum atomic E-state index is 0.216. The molecule has 0 saturated carbocycles. The maximum Gasteiger partial charge on any atom is 0.141 e. The zero-order chi connectivity index (χ0) is 23.3. The van der Waals surface area contributed by atoms with Crippen LogP contribution >= 0.6 is 0 Å². The van der Waals surface area contributed by atoms with Crippen LogP contribution in [0.2, 0.25) is 0 Å². The van der Waals surface area contributed by atoms with Crippen LogP contribution in [0.3, 0.4) is 0 Å². The highest BCUT2D eigenvalue weighted by atomic mass is 16.3. The summed E-state index contributed by atoms with van der Waals surface area (Å²) in [5.74, 6) is 0.432. The zero-order valence-electron chi connectivity index (χ0n) is 18.9. The third-order valence-corrected chi connectivity index (χ3v) is 6.32. The van der Waals surface area contributed by atoms with Crippen molar-refractivity contribution < 1.29 is 10.2 Å². The van der Waals surface area contributed by atoms with Crippen molar-refractivity contribution in [1.29, 1.82) is 0 Å². The summed E-state index contributed by atoms with van der Waals surface area (Å²) in [6.07, 6.45) is 5.13. The first-order chi connectivity index (χ1) is 16.7. The summed E-state index contributed by atoms with van der Waals surface area (Å²) in [4.78, 5) is 11.2. The summed E-state index contributed by atoms with van der Waals surface area (Å²) in [6, 6.07) is 25.9. The maximum atomic E-state index is 10.2. The lowest BCUT2D eigenvalue weighted by Gasteiger charge is -2.23. The van der Waals surface area contributed by atoms with Crippen LogP contribution in [-0.2, 0) is 19.4 Å². The van der Waals surface area contributed by atoms with Gasteiger partial charge in [-0.2, -0.15) is 0 Å². The van der Waals surface area contributed by atoms with Gasteiger partial charge in [0.1, 0.15) is 22.5 Å². The number of fused-ring (bicyclic) bond motifs is 2. The first-order valence-electron chi connectivity index (χ1n) is 11.6. The number of aromatic hydroxyl groups is 2. The molecule has 0 radical (unpaired) electrons. The van der Waals surface area contributed by atoms with Crippen molar-refractivity contribution in [3.05, 3.63) is 108 Å². The predicted octanol–water partition coefficient (Wildman–Crippen LogP) is 5.48. The second-order valence-electron chi connectivity index (χ2n) is 8.55. The van der Waals surface area contributed by atoms with E-state index < -0.39 is 0 Å². The molecule has 0 unspecified atom stereocenters. The fourth-order valence-corrected chi connectivity index (χ4v) is 4.54. The van der Waals surface area contributed by atoms with Gasteiger partial charge >= 0.3 is 0 Å². The lowest BCUT2D eigenvalue weighted by Crippen LogP contribution is -2.28. The van der Waals surface area contributed by atoms with Crippen LogP contribution in [0, 0.1) is 0 Å². The normalized spacial score (nSPS) is 11.4. The number of pyridine rings is 2. The molecule has 5 aromatic rings. The first kappa shape index (κ1) is 21.9. The van der Waals surface area contributed by atoms with Crippen molar-refractivity contribution in [2.75, 3.05) is 13.1 Å². The molecule has 0 aliphatic heterocycles. The van der Waals surface area contributed by atoms with Gasteiger partial charge in [-0.05, 0) is 53.8 Å². The SMILES string of the molecule is Oc1ccc(CCN(CCc2ccc(O)c3ncccc23)Cc2ccccc2)c2cccnc12. The smallest absolute Gasteiger partial charge is 0.141 e. The topological polar surface area (TPSA) is 69.5 Å². The molecule has 0 aliphatic carbocycles. The van der Waals surface area contributed by atoms with E-state index in [1.54, 1.807) is 24.5 Å². The Bertz CT molecular complexity index is 1330. The van der Waals surface area contributed by atoms with E-state index in [0.29, 0.717) is 11.0 Å². The van der Waals surface area contributed by atoms with Crippen molar-refractivity contribution in [1.82, 2.24) is 14.9 Å². The largest absolute Gasteiger partial charge is 0.506 e. The van der Waals surface area contributed by atoms with Crippen LogP contribution in [0.1, 0.15) is 16.7 Å².